The molecular formula is C23H22F3N5O4. The van der Waals surface area contributed by atoms with Crippen LogP contribution >= 0.6 is 0 Å². The normalized spacial score (nSPS) is 13.7. The van der Waals surface area contributed by atoms with Crippen molar-refractivity contribution in [3.8, 4) is 17.1 Å². The summed E-state index contributed by atoms with van der Waals surface area (Å²) in [7, 11) is 0. The lowest BCUT2D eigenvalue weighted by Crippen LogP contribution is -2.42. The number of aliphatic hydroxyl groups is 1. The number of hydrogen-bond acceptors (Lipinski definition) is 6. The second-order valence-electron chi connectivity index (χ2n) is 7.87. The summed E-state index contributed by atoms with van der Waals surface area (Å²) in [5.74, 6) is -0.699. The monoisotopic (exact) mass is 489 g/mol. The summed E-state index contributed by atoms with van der Waals surface area (Å²) in [5, 5.41) is 27.1. The number of fused-ring (bicyclic) bond motifs is 1. The van der Waals surface area contributed by atoms with Crippen molar-refractivity contribution in [3.63, 3.8) is 0 Å². The van der Waals surface area contributed by atoms with Crippen molar-refractivity contribution >= 4 is 11.5 Å². The van der Waals surface area contributed by atoms with E-state index in [4.69, 9.17) is 4.74 Å². The molecule has 1 unspecified atom stereocenters. The summed E-state index contributed by atoms with van der Waals surface area (Å²) >= 11 is 0. The second kappa shape index (κ2) is 9.02. The Morgan fingerprint density at radius 3 is 2.54 bits per heavy atom. The molecule has 4 heterocycles. The topological polar surface area (TPSA) is 115 Å². The van der Waals surface area contributed by atoms with Gasteiger partial charge in [-0.2, -0.15) is 13.2 Å². The van der Waals surface area contributed by atoms with Gasteiger partial charge in [0.1, 0.15) is 5.69 Å². The Morgan fingerprint density at radius 2 is 1.94 bits per heavy atom. The maximum absolute atomic E-state index is 13.3. The Balaban J connectivity index is 1.67. The molecule has 0 aliphatic heterocycles. The van der Waals surface area contributed by atoms with Gasteiger partial charge >= 0.3 is 12.1 Å². The number of carbonyl (C=O) groups is 1. The molecule has 2 N–H and O–H groups in total. The van der Waals surface area contributed by atoms with Crippen LogP contribution in [0.25, 0.3) is 16.8 Å². The first-order valence-electron chi connectivity index (χ1n) is 10.7. The van der Waals surface area contributed by atoms with Gasteiger partial charge in [0.15, 0.2) is 0 Å². The predicted octanol–water partition coefficient (Wildman–Crippen LogP) is 3.90. The van der Waals surface area contributed by atoms with E-state index in [1.807, 2.05) is 6.92 Å². The molecule has 1 atom stereocenters. The highest BCUT2D eigenvalue weighted by Crippen LogP contribution is 2.40. The number of pyridine rings is 2. The Morgan fingerprint density at radius 1 is 1.17 bits per heavy atom. The van der Waals surface area contributed by atoms with E-state index in [0.29, 0.717) is 34.8 Å². The lowest BCUT2D eigenvalue weighted by molar-refractivity contribution is -0.269. The second-order valence-corrected chi connectivity index (χ2v) is 7.87. The highest BCUT2D eigenvalue weighted by molar-refractivity contribution is 5.97. The summed E-state index contributed by atoms with van der Waals surface area (Å²) in [6, 6.07) is 8.27. The first-order valence-corrected chi connectivity index (χ1v) is 10.7. The van der Waals surface area contributed by atoms with Crippen LogP contribution < -0.4 is 4.74 Å². The van der Waals surface area contributed by atoms with Gasteiger partial charge in [-0.3, -0.25) is 0 Å². The molecule has 0 spiro atoms. The van der Waals surface area contributed by atoms with E-state index in [1.54, 1.807) is 34.9 Å². The van der Waals surface area contributed by atoms with E-state index in [0.717, 1.165) is 6.20 Å². The quantitative estimate of drug-likeness (QED) is 0.386. The Kier molecular flexibility index (Phi) is 6.24. The third-order valence-electron chi connectivity index (χ3n) is 5.66. The molecule has 35 heavy (non-hydrogen) atoms. The minimum Gasteiger partial charge on any atom is -0.478 e. The van der Waals surface area contributed by atoms with E-state index in [2.05, 4.69) is 15.3 Å². The number of aromatic carboxylic acids is 1. The Bertz CT molecular complexity index is 1360. The van der Waals surface area contributed by atoms with Crippen molar-refractivity contribution in [1.82, 2.24) is 24.4 Å². The van der Waals surface area contributed by atoms with Gasteiger partial charge in [0.05, 0.1) is 30.6 Å². The number of rotatable bonds is 8. The van der Waals surface area contributed by atoms with Gasteiger partial charge in [-0.15, -0.1) is 5.10 Å². The number of carboxylic acids is 1. The largest absolute Gasteiger partial charge is 0.478 e. The molecular weight excluding hydrogens is 467 g/mol. The number of nitrogens with zero attached hydrogens (tertiary/aromatic N) is 5. The summed E-state index contributed by atoms with van der Waals surface area (Å²) < 4.78 is 48.2. The molecule has 0 saturated carbocycles. The van der Waals surface area contributed by atoms with Gasteiger partial charge in [-0.1, -0.05) is 12.1 Å². The van der Waals surface area contributed by atoms with Gasteiger partial charge in [0.2, 0.25) is 11.5 Å². The fraction of sp³-hybridized carbons (Fsp3) is 0.304. The predicted molar refractivity (Wildman–Crippen MR) is 118 cm³/mol. The van der Waals surface area contributed by atoms with Crippen LogP contribution in [0.5, 0.6) is 5.88 Å². The van der Waals surface area contributed by atoms with Crippen LogP contribution in [0.1, 0.15) is 41.9 Å². The summed E-state index contributed by atoms with van der Waals surface area (Å²) in [4.78, 5) is 16.1. The fourth-order valence-electron chi connectivity index (χ4n) is 3.81. The highest BCUT2D eigenvalue weighted by Gasteiger charge is 2.55. The van der Waals surface area contributed by atoms with Gasteiger partial charge < -0.3 is 19.4 Å². The van der Waals surface area contributed by atoms with Crippen LogP contribution in [0.4, 0.5) is 13.2 Å². The van der Waals surface area contributed by atoms with E-state index >= 15 is 0 Å². The van der Waals surface area contributed by atoms with Gasteiger partial charge in [-0.05, 0) is 43.2 Å². The van der Waals surface area contributed by atoms with E-state index in [9.17, 15) is 28.2 Å². The van der Waals surface area contributed by atoms with Crippen molar-refractivity contribution in [2.45, 2.75) is 38.6 Å². The van der Waals surface area contributed by atoms with Crippen LogP contribution in [0.2, 0.25) is 0 Å². The van der Waals surface area contributed by atoms with E-state index < -0.39 is 29.9 Å². The van der Waals surface area contributed by atoms with E-state index in [1.165, 1.54) is 23.9 Å². The molecule has 4 aromatic rings. The summed E-state index contributed by atoms with van der Waals surface area (Å²) in [6.45, 7) is 3.56. The van der Waals surface area contributed by atoms with Crippen molar-refractivity contribution in [3.05, 3.63) is 65.7 Å². The van der Waals surface area contributed by atoms with Gasteiger partial charge in [0, 0.05) is 29.5 Å². The lowest BCUT2D eigenvalue weighted by atomic mass is 9.96. The minimum absolute atomic E-state index is 0.0642. The van der Waals surface area contributed by atoms with Crippen LogP contribution in [-0.2, 0) is 12.1 Å². The Labute approximate surface area is 197 Å². The zero-order valence-electron chi connectivity index (χ0n) is 18.8. The molecule has 0 aromatic carbocycles. The van der Waals surface area contributed by atoms with Crippen molar-refractivity contribution < 1.29 is 32.9 Å². The molecule has 0 aliphatic rings. The number of carboxylic acid groups (broad SMARTS) is 1. The van der Waals surface area contributed by atoms with Crippen molar-refractivity contribution in [1.29, 1.82) is 0 Å². The van der Waals surface area contributed by atoms with Gasteiger partial charge in [-0.25, -0.2) is 14.5 Å². The summed E-state index contributed by atoms with van der Waals surface area (Å²) in [6.07, 6.45) is -1.25. The highest BCUT2D eigenvalue weighted by atomic mass is 19.4. The molecule has 0 aliphatic carbocycles. The average Bonchev–Trinajstić information content (AvgIpc) is 3.43. The Hall–Kier alpha value is -3.93. The summed E-state index contributed by atoms with van der Waals surface area (Å²) in [5.41, 5.74) is -1.41. The zero-order chi connectivity index (χ0) is 25.4. The number of halogens is 3. The minimum atomic E-state index is -4.90. The molecule has 0 radical (unpaired) electrons. The first kappa shape index (κ1) is 24.2. The molecule has 0 bridgehead atoms. The SMILES string of the molecule is CCOc1ccc(-c2c(C(=O)O)cc3cc(Cn4cc(C(O)(CC)C(F)(F)F)nn4)ccn23)cn1. The van der Waals surface area contributed by atoms with E-state index in [-0.39, 0.29) is 12.1 Å². The lowest BCUT2D eigenvalue weighted by Gasteiger charge is -2.26. The van der Waals surface area contributed by atoms with Crippen molar-refractivity contribution in [2.24, 2.45) is 0 Å². The number of aromatic nitrogens is 5. The standard InChI is InChI=1S/C23H22F3N5O4/c1-3-22(34,23(24,25)26)18-13-30(29-28-18)12-14-7-8-31-16(9-14)10-17(21(32)33)20(31)15-5-6-19(27-11-15)35-4-2/h5-11,13,34H,3-4,12H2,1-2H3,(H,32,33). The van der Waals surface area contributed by atoms with Crippen LogP contribution in [0, 0.1) is 0 Å². The number of ether oxygens (including phenoxy) is 1. The maximum Gasteiger partial charge on any atom is 0.423 e. The molecule has 0 saturated heterocycles. The molecule has 0 fully saturated rings. The number of hydrogen-bond donors (Lipinski definition) is 2. The van der Waals surface area contributed by atoms with Gasteiger partial charge in [0.25, 0.3) is 0 Å². The molecule has 4 aromatic heterocycles. The molecule has 4 rings (SSSR count). The molecule has 0 amide bonds. The van der Waals surface area contributed by atoms with Crippen LogP contribution in [0.3, 0.4) is 0 Å². The van der Waals surface area contributed by atoms with Crippen molar-refractivity contribution in [2.75, 3.05) is 6.61 Å². The van der Waals surface area contributed by atoms with Crippen LogP contribution in [0.15, 0.2) is 48.9 Å². The van der Waals surface area contributed by atoms with Crippen LogP contribution in [-0.4, -0.2) is 53.3 Å². The molecule has 184 valence electrons. The maximum atomic E-state index is 13.3. The third-order valence-corrected chi connectivity index (χ3v) is 5.66. The molecule has 9 nitrogen and oxygen atoms in total. The zero-order valence-corrected chi connectivity index (χ0v) is 18.8. The fourth-order valence-corrected chi connectivity index (χ4v) is 3.81. The number of alkyl halides is 3. The molecule has 12 heteroatoms. The first-order chi connectivity index (χ1) is 16.6. The third kappa shape index (κ3) is 4.44. The average molecular weight is 489 g/mol. The smallest absolute Gasteiger partial charge is 0.423 e.